The maximum Gasteiger partial charge on any atom is 0.543 e. The van der Waals surface area contributed by atoms with Crippen molar-refractivity contribution in [2.45, 2.75) is 19.2 Å². The number of alkyl halides is 3. The van der Waals surface area contributed by atoms with Crippen LogP contribution in [0.4, 0.5) is 13.2 Å². The van der Waals surface area contributed by atoms with Gasteiger partial charge in [0.1, 0.15) is 11.8 Å². The zero-order chi connectivity index (χ0) is 16.0. The minimum atomic E-state index is -5.09. The predicted octanol–water partition coefficient (Wildman–Crippen LogP) is 2.69. The minimum Gasteiger partial charge on any atom is -0.510 e. The lowest BCUT2D eigenvalue weighted by molar-refractivity contribution is -0.345. The van der Waals surface area contributed by atoms with Crippen LogP contribution < -0.4 is 5.48 Å². The van der Waals surface area contributed by atoms with Gasteiger partial charge in [-0.1, -0.05) is 37.3 Å². The second-order valence-corrected chi connectivity index (χ2v) is 3.98. The Hall–Kier alpha value is -2.53. The predicted molar refractivity (Wildman–Crippen MR) is 65.4 cm³/mol. The number of hydrogen-bond donors (Lipinski definition) is 2. The van der Waals surface area contributed by atoms with Crippen LogP contribution in [0.2, 0.25) is 0 Å². The third-order valence-corrected chi connectivity index (χ3v) is 2.56. The molecule has 1 unspecified atom stereocenters. The number of amides is 1. The fourth-order valence-electron chi connectivity index (χ4n) is 1.50. The maximum atomic E-state index is 11.8. The molecule has 5 nitrogen and oxygen atoms in total. The van der Waals surface area contributed by atoms with Gasteiger partial charge in [-0.25, -0.2) is 5.48 Å². The first kappa shape index (κ1) is 16.5. The van der Waals surface area contributed by atoms with E-state index in [9.17, 15) is 23.1 Å². The maximum absolute atomic E-state index is 11.8. The molecule has 1 aromatic carbocycles. The standard InChI is InChI=1S/C13H11F3N2O3/c1-8(9-5-3-2-4-6-9)11(19)10(7-17)12(20)18-21-13(14,15)16/h2-6,8,19H,1H3,(H,18,20)/b11-10+. The van der Waals surface area contributed by atoms with Crippen molar-refractivity contribution in [1.29, 1.82) is 5.26 Å². The number of allylic oxidation sites excluding steroid dienone is 1. The average Bonchev–Trinajstić information content (AvgIpc) is 2.45. The normalized spacial score (nSPS) is 13.9. The van der Waals surface area contributed by atoms with Crippen LogP contribution in [-0.2, 0) is 9.63 Å². The molecule has 0 bridgehead atoms. The molecule has 0 aliphatic heterocycles. The van der Waals surface area contributed by atoms with Gasteiger partial charge in [0.25, 0.3) is 5.91 Å². The summed E-state index contributed by atoms with van der Waals surface area (Å²) < 4.78 is 35.4. The first-order valence-electron chi connectivity index (χ1n) is 5.69. The largest absolute Gasteiger partial charge is 0.543 e. The highest BCUT2D eigenvalue weighted by Crippen LogP contribution is 2.24. The number of nitrogens with zero attached hydrogens (tertiary/aromatic N) is 1. The highest BCUT2D eigenvalue weighted by Gasteiger charge is 2.32. The van der Waals surface area contributed by atoms with Gasteiger partial charge in [0.15, 0.2) is 5.57 Å². The number of aliphatic hydroxyl groups excluding tert-OH is 1. The molecule has 1 atom stereocenters. The van der Waals surface area contributed by atoms with Crippen molar-refractivity contribution in [3.8, 4) is 6.07 Å². The molecular weight excluding hydrogens is 289 g/mol. The second kappa shape index (κ2) is 6.76. The quantitative estimate of drug-likeness (QED) is 0.387. The molecule has 1 aromatic rings. The van der Waals surface area contributed by atoms with Gasteiger partial charge in [-0.15, -0.1) is 13.2 Å². The molecule has 0 aromatic heterocycles. The van der Waals surface area contributed by atoms with Crippen molar-refractivity contribution in [3.05, 3.63) is 47.2 Å². The Bertz CT molecular complexity index is 577. The Morgan fingerprint density at radius 2 is 1.95 bits per heavy atom. The van der Waals surface area contributed by atoms with Crippen LogP contribution in [-0.4, -0.2) is 17.4 Å². The summed E-state index contributed by atoms with van der Waals surface area (Å²) in [4.78, 5) is 14.5. The summed E-state index contributed by atoms with van der Waals surface area (Å²) in [7, 11) is 0. The molecule has 0 fully saturated rings. The van der Waals surface area contributed by atoms with E-state index in [0.29, 0.717) is 5.56 Å². The number of carbonyl (C=O) groups excluding carboxylic acids is 1. The molecular formula is C13H11F3N2O3. The van der Waals surface area contributed by atoms with E-state index in [1.165, 1.54) is 13.0 Å². The van der Waals surface area contributed by atoms with E-state index in [-0.39, 0.29) is 0 Å². The van der Waals surface area contributed by atoms with Gasteiger partial charge in [-0.2, -0.15) is 10.1 Å². The molecule has 2 N–H and O–H groups in total. The number of aliphatic hydroxyl groups is 1. The summed E-state index contributed by atoms with van der Waals surface area (Å²) in [5.41, 5.74) is 0.795. The summed E-state index contributed by atoms with van der Waals surface area (Å²) in [5, 5.41) is 18.7. The number of hydroxylamine groups is 1. The molecule has 0 aliphatic rings. The minimum absolute atomic E-state index is 0.590. The number of nitriles is 1. The van der Waals surface area contributed by atoms with E-state index in [2.05, 4.69) is 4.84 Å². The number of halogens is 3. The number of carbonyl (C=O) groups is 1. The van der Waals surface area contributed by atoms with Crippen LogP contribution in [0.3, 0.4) is 0 Å². The summed E-state index contributed by atoms with van der Waals surface area (Å²) in [5.74, 6) is -2.86. The molecule has 8 heteroatoms. The fraction of sp³-hybridized carbons (Fsp3) is 0.231. The molecule has 1 amide bonds. The Morgan fingerprint density at radius 1 is 1.38 bits per heavy atom. The molecule has 21 heavy (non-hydrogen) atoms. The molecule has 0 saturated carbocycles. The van der Waals surface area contributed by atoms with E-state index < -0.39 is 29.5 Å². The van der Waals surface area contributed by atoms with Gasteiger partial charge >= 0.3 is 6.36 Å². The first-order chi connectivity index (χ1) is 9.76. The molecule has 0 saturated heterocycles. The Balaban J connectivity index is 2.95. The van der Waals surface area contributed by atoms with Crippen LogP contribution in [0, 0.1) is 11.3 Å². The highest BCUT2D eigenvalue weighted by atomic mass is 19.4. The summed E-state index contributed by atoms with van der Waals surface area (Å²) in [6.45, 7) is 1.50. The van der Waals surface area contributed by atoms with E-state index in [1.54, 1.807) is 30.3 Å². The van der Waals surface area contributed by atoms with E-state index in [1.807, 2.05) is 0 Å². The van der Waals surface area contributed by atoms with Gasteiger partial charge in [0.05, 0.1) is 0 Å². The third-order valence-electron chi connectivity index (χ3n) is 2.56. The average molecular weight is 300 g/mol. The molecule has 0 aliphatic carbocycles. The lowest BCUT2D eigenvalue weighted by Gasteiger charge is -2.13. The SMILES string of the molecule is CC(/C(O)=C(/C#N)C(=O)NOC(F)(F)F)c1ccccc1. The van der Waals surface area contributed by atoms with Crippen molar-refractivity contribution in [1.82, 2.24) is 5.48 Å². The van der Waals surface area contributed by atoms with Gasteiger partial charge in [0.2, 0.25) is 0 Å². The third kappa shape index (κ3) is 4.81. The van der Waals surface area contributed by atoms with E-state index in [4.69, 9.17) is 5.26 Å². The lowest BCUT2D eigenvalue weighted by Crippen LogP contribution is -2.32. The Morgan fingerprint density at radius 3 is 2.43 bits per heavy atom. The molecule has 0 spiro atoms. The summed E-state index contributed by atoms with van der Waals surface area (Å²) in [6.07, 6.45) is -5.09. The molecule has 1 rings (SSSR count). The van der Waals surface area contributed by atoms with Crippen molar-refractivity contribution in [2.24, 2.45) is 0 Å². The monoisotopic (exact) mass is 300 g/mol. The van der Waals surface area contributed by atoms with Gasteiger partial charge in [-0.3, -0.25) is 4.79 Å². The zero-order valence-corrected chi connectivity index (χ0v) is 10.8. The summed E-state index contributed by atoms with van der Waals surface area (Å²) >= 11 is 0. The zero-order valence-electron chi connectivity index (χ0n) is 10.8. The number of nitrogens with one attached hydrogen (secondary N) is 1. The van der Waals surface area contributed by atoms with Crippen LogP contribution >= 0.6 is 0 Å². The number of rotatable bonds is 4. The van der Waals surface area contributed by atoms with Gasteiger partial charge in [0, 0.05) is 5.92 Å². The smallest absolute Gasteiger partial charge is 0.510 e. The number of hydrogen-bond acceptors (Lipinski definition) is 4. The van der Waals surface area contributed by atoms with Crippen molar-refractivity contribution < 1.29 is 27.9 Å². The van der Waals surface area contributed by atoms with Crippen molar-refractivity contribution >= 4 is 5.91 Å². The molecule has 0 radical (unpaired) electrons. The fourth-order valence-corrected chi connectivity index (χ4v) is 1.50. The highest BCUT2D eigenvalue weighted by molar-refractivity contribution is 5.97. The van der Waals surface area contributed by atoms with Gasteiger partial charge < -0.3 is 5.11 Å². The summed E-state index contributed by atoms with van der Waals surface area (Å²) in [6, 6.07) is 9.72. The van der Waals surface area contributed by atoms with E-state index in [0.717, 1.165) is 5.48 Å². The van der Waals surface area contributed by atoms with Crippen molar-refractivity contribution in [2.75, 3.05) is 0 Å². The topological polar surface area (TPSA) is 82.3 Å². The van der Waals surface area contributed by atoms with Crippen LogP contribution in [0.1, 0.15) is 18.4 Å². The second-order valence-electron chi connectivity index (χ2n) is 3.98. The Kier molecular flexibility index (Phi) is 5.32. The Labute approximate surface area is 118 Å². The number of benzene rings is 1. The van der Waals surface area contributed by atoms with E-state index >= 15 is 0 Å². The van der Waals surface area contributed by atoms with Crippen LogP contribution in [0.15, 0.2) is 41.7 Å². The lowest BCUT2D eigenvalue weighted by atomic mass is 9.96. The molecule has 112 valence electrons. The van der Waals surface area contributed by atoms with Crippen LogP contribution in [0.25, 0.3) is 0 Å². The molecule has 0 heterocycles. The van der Waals surface area contributed by atoms with Crippen molar-refractivity contribution in [3.63, 3.8) is 0 Å². The van der Waals surface area contributed by atoms with Gasteiger partial charge in [-0.05, 0) is 5.56 Å². The van der Waals surface area contributed by atoms with Crippen LogP contribution in [0.5, 0.6) is 0 Å². The first-order valence-corrected chi connectivity index (χ1v) is 5.69.